The van der Waals surface area contributed by atoms with Crippen LogP contribution in [0.4, 0.5) is 0 Å². The SMILES string of the molecule is CC(=O)N(CCC(=O)N1CCC(CN)C1)Cc1ccccc1. The van der Waals surface area contributed by atoms with E-state index in [1.54, 1.807) is 11.8 Å². The highest BCUT2D eigenvalue weighted by Gasteiger charge is 2.25. The molecule has 1 unspecified atom stereocenters. The van der Waals surface area contributed by atoms with Gasteiger partial charge in [0.05, 0.1) is 0 Å². The Morgan fingerprint density at radius 1 is 1.32 bits per heavy atom. The van der Waals surface area contributed by atoms with Crippen molar-refractivity contribution in [3.63, 3.8) is 0 Å². The molecular formula is C17H25N3O2. The van der Waals surface area contributed by atoms with E-state index >= 15 is 0 Å². The highest BCUT2D eigenvalue weighted by Crippen LogP contribution is 2.16. The van der Waals surface area contributed by atoms with Gasteiger partial charge in [0.1, 0.15) is 0 Å². The molecule has 1 aliphatic rings. The fourth-order valence-corrected chi connectivity index (χ4v) is 2.79. The minimum atomic E-state index is -0.00194. The van der Waals surface area contributed by atoms with Gasteiger partial charge in [-0.2, -0.15) is 0 Å². The molecule has 1 heterocycles. The lowest BCUT2D eigenvalue weighted by Crippen LogP contribution is -2.35. The fraction of sp³-hybridized carbons (Fsp3) is 0.529. The van der Waals surface area contributed by atoms with Crippen molar-refractivity contribution in [1.29, 1.82) is 0 Å². The Morgan fingerprint density at radius 3 is 2.64 bits per heavy atom. The monoisotopic (exact) mass is 303 g/mol. The van der Waals surface area contributed by atoms with Gasteiger partial charge in [0.15, 0.2) is 0 Å². The van der Waals surface area contributed by atoms with Crippen molar-refractivity contribution in [2.45, 2.75) is 26.3 Å². The van der Waals surface area contributed by atoms with Crippen LogP contribution >= 0.6 is 0 Å². The lowest BCUT2D eigenvalue weighted by molar-refractivity contribution is -0.133. The molecule has 1 aliphatic heterocycles. The summed E-state index contributed by atoms with van der Waals surface area (Å²) in [5.74, 6) is 0.547. The Hall–Kier alpha value is -1.88. The third kappa shape index (κ3) is 4.56. The zero-order chi connectivity index (χ0) is 15.9. The maximum absolute atomic E-state index is 12.2. The van der Waals surface area contributed by atoms with Gasteiger partial charge in [0.25, 0.3) is 0 Å². The maximum atomic E-state index is 12.2. The molecular weight excluding hydrogens is 278 g/mol. The predicted octanol–water partition coefficient (Wildman–Crippen LogP) is 1.23. The number of likely N-dealkylation sites (tertiary alicyclic amines) is 1. The topological polar surface area (TPSA) is 66.6 Å². The molecule has 1 atom stereocenters. The van der Waals surface area contributed by atoms with Gasteiger partial charge in [0, 0.05) is 39.5 Å². The molecule has 22 heavy (non-hydrogen) atoms. The Morgan fingerprint density at radius 2 is 2.05 bits per heavy atom. The smallest absolute Gasteiger partial charge is 0.224 e. The number of rotatable bonds is 6. The molecule has 0 bridgehead atoms. The second kappa shape index (κ2) is 7.94. The summed E-state index contributed by atoms with van der Waals surface area (Å²) in [5, 5.41) is 0. The number of hydrogen-bond donors (Lipinski definition) is 1. The second-order valence-electron chi connectivity index (χ2n) is 5.91. The van der Waals surface area contributed by atoms with Crippen LogP contribution in [0.5, 0.6) is 0 Å². The van der Waals surface area contributed by atoms with Crippen LogP contribution in [-0.2, 0) is 16.1 Å². The molecule has 120 valence electrons. The average molecular weight is 303 g/mol. The number of benzene rings is 1. The largest absolute Gasteiger partial charge is 0.342 e. The standard InChI is InChI=1S/C17H25N3O2/c1-14(21)19(12-15-5-3-2-4-6-15)10-8-17(22)20-9-7-16(11-18)13-20/h2-6,16H,7-13,18H2,1H3. The van der Waals surface area contributed by atoms with E-state index < -0.39 is 0 Å². The predicted molar refractivity (Wildman–Crippen MR) is 85.9 cm³/mol. The lowest BCUT2D eigenvalue weighted by Gasteiger charge is -2.23. The van der Waals surface area contributed by atoms with Crippen LogP contribution in [0.3, 0.4) is 0 Å². The summed E-state index contributed by atoms with van der Waals surface area (Å²) < 4.78 is 0. The summed E-state index contributed by atoms with van der Waals surface area (Å²) in [4.78, 5) is 27.6. The Kier molecular flexibility index (Phi) is 5.95. The first-order chi connectivity index (χ1) is 10.6. The summed E-state index contributed by atoms with van der Waals surface area (Å²) in [5.41, 5.74) is 6.73. The maximum Gasteiger partial charge on any atom is 0.224 e. The van der Waals surface area contributed by atoms with Crippen LogP contribution in [0.2, 0.25) is 0 Å². The summed E-state index contributed by atoms with van der Waals surface area (Å²) >= 11 is 0. The normalized spacial score (nSPS) is 17.5. The molecule has 0 saturated carbocycles. The zero-order valence-electron chi connectivity index (χ0n) is 13.2. The number of hydrogen-bond acceptors (Lipinski definition) is 3. The van der Waals surface area contributed by atoms with Crippen molar-refractivity contribution >= 4 is 11.8 Å². The van der Waals surface area contributed by atoms with Gasteiger partial charge in [-0.15, -0.1) is 0 Å². The van der Waals surface area contributed by atoms with Crippen molar-refractivity contribution < 1.29 is 9.59 Å². The Labute approximate surface area is 132 Å². The van der Waals surface area contributed by atoms with Crippen molar-refractivity contribution in [3.8, 4) is 0 Å². The van der Waals surface area contributed by atoms with Gasteiger partial charge >= 0.3 is 0 Å². The van der Waals surface area contributed by atoms with Crippen LogP contribution in [0.15, 0.2) is 30.3 Å². The first-order valence-electron chi connectivity index (χ1n) is 7.87. The third-order valence-corrected chi connectivity index (χ3v) is 4.23. The van der Waals surface area contributed by atoms with E-state index in [2.05, 4.69) is 0 Å². The molecule has 0 aromatic heterocycles. The van der Waals surface area contributed by atoms with E-state index in [0.29, 0.717) is 32.0 Å². The van der Waals surface area contributed by atoms with Gasteiger partial charge in [-0.1, -0.05) is 30.3 Å². The van der Waals surface area contributed by atoms with Crippen LogP contribution in [-0.4, -0.2) is 47.8 Å². The minimum absolute atomic E-state index is 0.00194. The highest BCUT2D eigenvalue weighted by atomic mass is 16.2. The van der Waals surface area contributed by atoms with Gasteiger partial charge < -0.3 is 15.5 Å². The molecule has 5 nitrogen and oxygen atoms in total. The van der Waals surface area contributed by atoms with Crippen LogP contribution in [0, 0.1) is 5.92 Å². The van der Waals surface area contributed by atoms with Crippen LogP contribution < -0.4 is 5.73 Å². The molecule has 0 radical (unpaired) electrons. The molecule has 5 heteroatoms. The first-order valence-corrected chi connectivity index (χ1v) is 7.87. The van der Waals surface area contributed by atoms with E-state index in [0.717, 1.165) is 25.1 Å². The van der Waals surface area contributed by atoms with Crippen molar-refractivity contribution in [2.75, 3.05) is 26.2 Å². The second-order valence-corrected chi connectivity index (χ2v) is 5.91. The van der Waals surface area contributed by atoms with E-state index in [1.165, 1.54) is 0 Å². The summed E-state index contributed by atoms with van der Waals surface area (Å²) in [6.07, 6.45) is 1.37. The Balaban J connectivity index is 1.84. The number of carbonyl (C=O) groups is 2. The van der Waals surface area contributed by atoms with E-state index in [4.69, 9.17) is 5.73 Å². The van der Waals surface area contributed by atoms with Crippen molar-refractivity contribution in [2.24, 2.45) is 11.7 Å². The Bertz CT molecular complexity index is 504. The fourth-order valence-electron chi connectivity index (χ4n) is 2.79. The quantitative estimate of drug-likeness (QED) is 0.859. The van der Waals surface area contributed by atoms with Gasteiger partial charge in [-0.25, -0.2) is 0 Å². The van der Waals surface area contributed by atoms with Crippen LogP contribution in [0.1, 0.15) is 25.3 Å². The molecule has 1 saturated heterocycles. The molecule has 1 aromatic carbocycles. The molecule has 2 N–H and O–H groups in total. The third-order valence-electron chi connectivity index (χ3n) is 4.23. The summed E-state index contributed by atoms with van der Waals surface area (Å²) in [6.45, 7) is 4.75. The molecule has 2 amide bonds. The van der Waals surface area contributed by atoms with Crippen LogP contribution in [0.25, 0.3) is 0 Å². The van der Waals surface area contributed by atoms with E-state index in [9.17, 15) is 9.59 Å². The highest BCUT2D eigenvalue weighted by molar-refractivity contribution is 5.78. The van der Waals surface area contributed by atoms with E-state index in [-0.39, 0.29) is 11.8 Å². The average Bonchev–Trinajstić information content (AvgIpc) is 3.01. The molecule has 1 fully saturated rings. The minimum Gasteiger partial charge on any atom is -0.342 e. The van der Waals surface area contributed by atoms with Crippen molar-refractivity contribution in [1.82, 2.24) is 9.80 Å². The number of carbonyl (C=O) groups excluding carboxylic acids is 2. The molecule has 2 rings (SSSR count). The number of nitrogens with two attached hydrogens (primary N) is 1. The van der Waals surface area contributed by atoms with Gasteiger partial charge in [-0.3, -0.25) is 9.59 Å². The zero-order valence-corrected chi connectivity index (χ0v) is 13.2. The van der Waals surface area contributed by atoms with Gasteiger partial charge in [-0.05, 0) is 24.4 Å². The first kappa shape index (κ1) is 16.5. The molecule has 0 aliphatic carbocycles. The summed E-state index contributed by atoms with van der Waals surface area (Å²) in [6, 6.07) is 9.84. The van der Waals surface area contributed by atoms with Gasteiger partial charge in [0.2, 0.25) is 11.8 Å². The van der Waals surface area contributed by atoms with E-state index in [1.807, 2.05) is 35.2 Å². The van der Waals surface area contributed by atoms with Crippen molar-refractivity contribution in [3.05, 3.63) is 35.9 Å². The molecule has 1 aromatic rings. The number of nitrogens with zero attached hydrogens (tertiary/aromatic N) is 2. The molecule has 0 spiro atoms. The lowest BCUT2D eigenvalue weighted by atomic mass is 10.1. The number of amides is 2. The summed E-state index contributed by atoms with van der Waals surface area (Å²) in [7, 11) is 0.